The van der Waals surface area contributed by atoms with Gasteiger partial charge in [0.25, 0.3) is 0 Å². The lowest BCUT2D eigenvalue weighted by atomic mass is 9.77. The van der Waals surface area contributed by atoms with Crippen molar-refractivity contribution >= 4 is 11.5 Å². The van der Waals surface area contributed by atoms with Gasteiger partial charge < -0.3 is 15.7 Å². The van der Waals surface area contributed by atoms with Crippen LogP contribution in [0.15, 0.2) is 60.7 Å². The molecule has 0 bridgehead atoms. The molecule has 1 aliphatic carbocycles. The first-order chi connectivity index (χ1) is 13.7. The molecule has 1 saturated heterocycles. The molecule has 0 aromatic heterocycles. The van der Waals surface area contributed by atoms with Gasteiger partial charge in [-0.2, -0.15) is 0 Å². The summed E-state index contributed by atoms with van der Waals surface area (Å²) in [7, 11) is 0. The Labute approximate surface area is 166 Å². The van der Waals surface area contributed by atoms with Crippen LogP contribution in [0.3, 0.4) is 0 Å². The van der Waals surface area contributed by atoms with Crippen LogP contribution >= 0.6 is 0 Å². The van der Waals surface area contributed by atoms with Crippen LogP contribution < -0.4 is 10.6 Å². The van der Waals surface area contributed by atoms with E-state index in [1.165, 1.54) is 36.0 Å². The average molecular weight is 377 g/mol. The molecule has 1 fully saturated rings. The minimum atomic E-state index is 0.0303. The predicted octanol–water partition coefficient (Wildman–Crippen LogP) is 3.03. The molecule has 3 N–H and O–H groups in total. The van der Waals surface area contributed by atoms with Crippen LogP contribution in [0.5, 0.6) is 0 Å². The second-order valence-corrected chi connectivity index (χ2v) is 7.80. The summed E-state index contributed by atoms with van der Waals surface area (Å²) in [5, 5.41) is 16.1. The van der Waals surface area contributed by atoms with Crippen molar-refractivity contribution in [3.63, 3.8) is 0 Å². The van der Waals surface area contributed by atoms with E-state index in [1.54, 1.807) is 0 Å². The molecule has 2 aliphatic rings. The van der Waals surface area contributed by atoms with Gasteiger partial charge in [0.2, 0.25) is 5.91 Å². The molecule has 3 atom stereocenters. The topological polar surface area (TPSA) is 61.4 Å². The summed E-state index contributed by atoms with van der Waals surface area (Å²) in [6.07, 6.45) is 6.33. The fourth-order valence-corrected chi connectivity index (χ4v) is 4.38. The molecule has 4 heteroatoms. The molecule has 1 amide bonds. The van der Waals surface area contributed by atoms with E-state index in [0.717, 1.165) is 5.56 Å². The fraction of sp³-hybridized carbons (Fsp3) is 0.375. The second kappa shape index (κ2) is 8.72. The highest BCUT2D eigenvalue weighted by Crippen LogP contribution is 2.34. The van der Waals surface area contributed by atoms with Crippen molar-refractivity contribution in [2.45, 2.75) is 43.7 Å². The summed E-state index contributed by atoms with van der Waals surface area (Å²) in [4.78, 5) is 12.2. The molecule has 0 saturated carbocycles. The standard InChI is InChI=1S/C24H28N2O2/c27-16-22-24(20-12-10-19(11-13-20)18-8-4-5-9-18)21(26-22)15-25-23(28)14-17-6-2-1-3-7-17/h1-3,6-8,10-13,21-22,24,26-27H,4-5,9,14-16H2,(H,25,28)/t21-,22-,24-/m1/s1. The molecule has 1 heterocycles. The Morgan fingerprint density at radius 1 is 1.07 bits per heavy atom. The highest BCUT2D eigenvalue weighted by molar-refractivity contribution is 5.78. The van der Waals surface area contributed by atoms with Gasteiger partial charge in [-0.3, -0.25) is 4.79 Å². The van der Waals surface area contributed by atoms with Crippen LogP contribution in [0, 0.1) is 0 Å². The van der Waals surface area contributed by atoms with E-state index < -0.39 is 0 Å². The molecule has 2 aromatic rings. The molecule has 1 aliphatic heterocycles. The normalized spacial score (nSPS) is 23.8. The molecule has 146 valence electrons. The predicted molar refractivity (Wildman–Crippen MR) is 112 cm³/mol. The maximum absolute atomic E-state index is 12.2. The number of rotatable bonds is 7. The summed E-state index contributed by atoms with van der Waals surface area (Å²) in [5.74, 6) is 0.247. The number of hydrogen-bond acceptors (Lipinski definition) is 3. The van der Waals surface area contributed by atoms with E-state index in [1.807, 2.05) is 30.3 Å². The number of hydrogen-bond donors (Lipinski definition) is 3. The number of benzene rings is 2. The van der Waals surface area contributed by atoms with Gasteiger partial charge in [-0.15, -0.1) is 0 Å². The minimum Gasteiger partial charge on any atom is -0.395 e. The zero-order valence-electron chi connectivity index (χ0n) is 16.1. The first kappa shape index (κ1) is 18.9. The van der Waals surface area contributed by atoms with Crippen molar-refractivity contribution in [2.75, 3.05) is 13.2 Å². The Morgan fingerprint density at radius 2 is 1.86 bits per heavy atom. The molecule has 0 radical (unpaired) electrons. The second-order valence-electron chi connectivity index (χ2n) is 7.80. The fourth-order valence-electron chi connectivity index (χ4n) is 4.38. The number of amides is 1. The van der Waals surface area contributed by atoms with E-state index in [9.17, 15) is 9.90 Å². The Morgan fingerprint density at radius 3 is 2.54 bits per heavy atom. The van der Waals surface area contributed by atoms with Crippen molar-refractivity contribution in [3.05, 3.63) is 77.4 Å². The first-order valence-electron chi connectivity index (χ1n) is 10.2. The van der Waals surface area contributed by atoms with Gasteiger partial charge in [0.05, 0.1) is 13.0 Å². The number of nitrogens with one attached hydrogen (secondary N) is 2. The SMILES string of the molecule is O=C(Cc1ccccc1)NC[C@H]1N[C@H](CO)[C@@H]1c1ccc(C2=CCCC2)cc1. The van der Waals surface area contributed by atoms with Gasteiger partial charge in [0.1, 0.15) is 0 Å². The van der Waals surface area contributed by atoms with Gasteiger partial charge in [0, 0.05) is 24.5 Å². The zero-order valence-corrected chi connectivity index (χ0v) is 16.1. The van der Waals surface area contributed by atoms with Crippen molar-refractivity contribution in [1.29, 1.82) is 0 Å². The maximum atomic E-state index is 12.2. The molecule has 2 aromatic carbocycles. The average Bonchev–Trinajstić information content (AvgIpc) is 3.23. The lowest BCUT2D eigenvalue weighted by molar-refractivity contribution is -0.120. The lowest BCUT2D eigenvalue weighted by Crippen LogP contribution is -2.64. The lowest BCUT2D eigenvalue weighted by Gasteiger charge is -2.46. The smallest absolute Gasteiger partial charge is 0.224 e. The van der Waals surface area contributed by atoms with Gasteiger partial charge >= 0.3 is 0 Å². The van der Waals surface area contributed by atoms with Crippen molar-refractivity contribution < 1.29 is 9.90 Å². The molecule has 0 spiro atoms. The third-order valence-corrected chi connectivity index (χ3v) is 5.93. The summed E-state index contributed by atoms with van der Waals surface area (Å²) in [5.41, 5.74) is 4.99. The number of carbonyl (C=O) groups is 1. The Kier molecular flexibility index (Phi) is 5.89. The molecule has 4 rings (SSSR count). The zero-order chi connectivity index (χ0) is 19.3. The van der Waals surface area contributed by atoms with Crippen LogP contribution in [-0.4, -0.2) is 36.2 Å². The van der Waals surface area contributed by atoms with E-state index in [0.29, 0.717) is 13.0 Å². The van der Waals surface area contributed by atoms with Crippen molar-refractivity contribution in [1.82, 2.24) is 10.6 Å². The van der Waals surface area contributed by atoms with E-state index in [2.05, 4.69) is 41.0 Å². The highest BCUT2D eigenvalue weighted by Gasteiger charge is 2.40. The first-order valence-corrected chi connectivity index (χ1v) is 10.2. The molecule has 28 heavy (non-hydrogen) atoms. The molecular weight excluding hydrogens is 348 g/mol. The quantitative estimate of drug-likeness (QED) is 0.696. The van der Waals surface area contributed by atoms with Crippen LogP contribution in [0.1, 0.15) is 41.9 Å². The molecule has 4 nitrogen and oxygen atoms in total. The number of allylic oxidation sites excluding steroid dienone is 2. The molecule has 0 unspecified atom stereocenters. The highest BCUT2D eigenvalue weighted by atomic mass is 16.3. The summed E-state index contributed by atoms with van der Waals surface area (Å²) >= 11 is 0. The van der Waals surface area contributed by atoms with Gasteiger partial charge in [-0.05, 0) is 41.5 Å². The number of carbonyl (C=O) groups excluding carboxylic acids is 1. The summed E-state index contributed by atoms with van der Waals surface area (Å²) in [6, 6.07) is 18.7. The van der Waals surface area contributed by atoms with Crippen molar-refractivity contribution in [2.24, 2.45) is 0 Å². The van der Waals surface area contributed by atoms with E-state index in [-0.39, 0.29) is 30.5 Å². The van der Waals surface area contributed by atoms with Crippen LogP contribution in [0.4, 0.5) is 0 Å². The van der Waals surface area contributed by atoms with Gasteiger partial charge in [-0.1, -0.05) is 60.7 Å². The maximum Gasteiger partial charge on any atom is 0.224 e. The van der Waals surface area contributed by atoms with E-state index >= 15 is 0 Å². The summed E-state index contributed by atoms with van der Waals surface area (Å²) in [6.45, 7) is 0.672. The minimum absolute atomic E-state index is 0.0303. The monoisotopic (exact) mass is 376 g/mol. The Bertz CT molecular complexity index is 829. The van der Waals surface area contributed by atoms with E-state index in [4.69, 9.17) is 0 Å². The Hall–Kier alpha value is -2.43. The molecular formula is C24H28N2O2. The largest absolute Gasteiger partial charge is 0.395 e. The Balaban J connectivity index is 1.36. The third-order valence-electron chi connectivity index (χ3n) is 5.93. The van der Waals surface area contributed by atoms with Gasteiger partial charge in [0.15, 0.2) is 0 Å². The third kappa shape index (κ3) is 4.18. The number of aliphatic hydroxyl groups excluding tert-OH is 1. The van der Waals surface area contributed by atoms with Crippen LogP contribution in [0.2, 0.25) is 0 Å². The van der Waals surface area contributed by atoms with Crippen LogP contribution in [0.25, 0.3) is 5.57 Å². The van der Waals surface area contributed by atoms with Gasteiger partial charge in [-0.25, -0.2) is 0 Å². The van der Waals surface area contributed by atoms with Crippen LogP contribution in [-0.2, 0) is 11.2 Å². The number of aliphatic hydroxyl groups is 1. The van der Waals surface area contributed by atoms with Crippen molar-refractivity contribution in [3.8, 4) is 0 Å². The summed E-state index contributed by atoms with van der Waals surface area (Å²) < 4.78 is 0.